The highest BCUT2D eigenvalue weighted by Gasteiger charge is 2.31. The van der Waals surface area contributed by atoms with Crippen LogP contribution in [0.1, 0.15) is 37.4 Å². The summed E-state index contributed by atoms with van der Waals surface area (Å²) in [6.45, 7) is 0.601. The van der Waals surface area contributed by atoms with E-state index in [9.17, 15) is 4.79 Å². The summed E-state index contributed by atoms with van der Waals surface area (Å²) in [5, 5.41) is 6.71. The molecule has 28 heavy (non-hydrogen) atoms. The maximum absolute atomic E-state index is 11.3. The number of nitrogens with two attached hydrogens (primary N) is 1. The van der Waals surface area contributed by atoms with Crippen molar-refractivity contribution in [3.8, 4) is 11.1 Å². The average molecular weight is 395 g/mol. The summed E-state index contributed by atoms with van der Waals surface area (Å²) >= 11 is 1.66. The number of rotatable bonds is 6. The number of hydrogen-bond donors (Lipinski definition) is 2. The van der Waals surface area contributed by atoms with E-state index < -0.39 is 6.10 Å². The largest absolute Gasteiger partial charge is 0.367 e. The SMILES string of the molecule is NC(=O)C1CCC(CNc2nc(C3CC3)nc3scc(-c4ccccc4)c23)O1. The molecule has 1 amide bonds. The number of anilines is 1. The Balaban J connectivity index is 1.47. The standard InChI is InChI=1S/C21H22N4O2S/c22-18(26)16-9-8-14(27-16)10-23-20-17-15(12-4-2-1-3-5-12)11-28-21(17)25-19(24-20)13-6-7-13/h1-5,11,13-14,16H,6-10H2,(H2,22,26)(H,23,24,25). The van der Waals surface area contributed by atoms with Gasteiger partial charge in [-0.15, -0.1) is 11.3 Å². The Hall–Kier alpha value is -2.51. The van der Waals surface area contributed by atoms with Gasteiger partial charge >= 0.3 is 0 Å². The Labute approximate surface area is 167 Å². The van der Waals surface area contributed by atoms with Gasteiger partial charge < -0.3 is 15.8 Å². The number of benzene rings is 1. The summed E-state index contributed by atoms with van der Waals surface area (Å²) in [7, 11) is 0. The van der Waals surface area contributed by atoms with Gasteiger partial charge in [-0.25, -0.2) is 9.97 Å². The Kier molecular flexibility index (Phi) is 4.49. The van der Waals surface area contributed by atoms with Crippen molar-refractivity contribution in [2.24, 2.45) is 5.73 Å². The molecule has 7 heteroatoms. The zero-order valence-electron chi connectivity index (χ0n) is 15.4. The van der Waals surface area contributed by atoms with E-state index in [4.69, 9.17) is 20.4 Å². The van der Waals surface area contributed by atoms with Gasteiger partial charge in [0.15, 0.2) is 0 Å². The molecule has 1 aliphatic carbocycles. The maximum atomic E-state index is 11.3. The van der Waals surface area contributed by atoms with Gasteiger partial charge in [0.2, 0.25) is 5.91 Å². The highest BCUT2D eigenvalue weighted by molar-refractivity contribution is 7.17. The fraction of sp³-hybridized carbons (Fsp3) is 0.381. The van der Waals surface area contributed by atoms with Crippen LogP contribution in [-0.2, 0) is 9.53 Å². The van der Waals surface area contributed by atoms with E-state index in [1.807, 2.05) is 18.2 Å². The molecule has 2 unspecified atom stereocenters. The second kappa shape index (κ2) is 7.14. The summed E-state index contributed by atoms with van der Waals surface area (Å²) < 4.78 is 5.77. The number of aromatic nitrogens is 2. The van der Waals surface area contributed by atoms with Crippen LogP contribution in [0.15, 0.2) is 35.7 Å². The van der Waals surface area contributed by atoms with Crippen LogP contribution in [-0.4, -0.2) is 34.6 Å². The molecule has 1 saturated heterocycles. The van der Waals surface area contributed by atoms with Crippen molar-refractivity contribution >= 4 is 33.3 Å². The van der Waals surface area contributed by atoms with Crippen LogP contribution in [0, 0.1) is 0 Å². The van der Waals surface area contributed by atoms with E-state index in [1.54, 1.807) is 11.3 Å². The number of thiophene rings is 1. The number of nitrogens with one attached hydrogen (secondary N) is 1. The minimum absolute atomic E-state index is 0.0364. The monoisotopic (exact) mass is 394 g/mol. The fourth-order valence-corrected chi connectivity index (χ4v) is 4.67. The van der Waals surface area contributed by atoms with E-state index in [-0.39, 0.29) is 12.0 Å². The zero-order chi connectivity index (χ0) is 19.1. The van der Waals surface area contributed by atoms with Crippen LogP contribution in [0.2, 0.25) is 0 Å². The van der Waals surface area contributed by atoms with Gasteiger partial charge in [-0.1, -0.05) is 30.3 Å². The number of carbonyl (C=O) groups is 1. The summed E-state index contributed by atoms with van der Waals surface area (Å²) in [5.74, 6) is 1.89. The molecule has 2 aliphatic rings. The molecule has 0 spiro atoms. The predicted octanol–water partition coefficient (Wildman–Crippen LogP) is 3.68. The number of hydrogen-bond acceptors (Lipinski definition) is 6. The van der Waals surface area contributed by atoms with Crippen molar-refractivity contribution in [3.05, 3.63) is 41.5 Å². The van der Waals surface area contributed by atoms with E-state index >= 15 is 0 Å². The van der Waals surface area contributed by atoms with Crippen LogP contribution in [0.25, 0.3) is 21.3 Å². The number of fused-ring (bicyclic) bond motifs is 1. The number of nitrogens with zero attached hydrogens (tertiary/aromatic N) is 2. The lowest BCUT2D eigenvalue weighted by atomic mass is 10.1. The summed E-state index contributed by atoms with van der Waals surface area (Å²) in [5.41, 5.74) is 7.67. The summed E-state index contributed by atoms with van der Waals surface area (Å²) in [6, 6.07) is 10.3. The first-order valence-corrected chi connectivity index (χ1v) is 10.6. The minimum atomic E-state index is -0.472. The third-order valence-electron chi connectivity index (χ3n) is 5.40. The van der Waals surface area contributed by atoms with Crippen molar-refractivity contribution in [2.75, 3.05) is 11.9 Å². The molecule has 0 bridgehead atoms. The number of amides is 1. The van der Waals surface area contributed by atoms with E-state index in [2.05, 4.69) is 22.8 Å². The molecule has 1 aliphatic heterocycles. The fourth-order valence-electron chi connectivity index (χ4n) is 3.72. The normalized spacial score (nSPS) is 21.9. The summed E-state index contributed by atoms with van der Waals surface area (Å²) in [6.07, 6.45) is 3.31. The lowest BCUT2D eigenvalue weighted by Crippen LogP contribution is -2.30. The van der Waals surface area contributed by atoms with Gasteiger partial charge in [-0.2, -0.15) is 0 Å². The third-order valence-corrected chi connectivity index (χ3v) is 6.27. The van der Waals surface area contributed by atoms with Crippen LogP contribution in [0.3, 0.4) is 0 Å². The zero-order valence-corrected chi connectivity index (χ0v) is 16.2. The van der Waals surface area contributed by atoms with Gasteiger partial charge in [-0.3, -0.25) is 4.79 Å². The van der Waals surface area contributed by atoms with Crippen LogP contribution in [0.5, 0.6) is 0 Å². The highest BCUT2D eigenvalue weighted by atomic mass is 32.1. The van der Waals surface area contributed by atoms with Gasteiger partial charge in [0.25, 0.3) is 0 Å². The molecule has 144 valence electrons. The Morgan fingerprint density at radius 2 is 2.00 bits per heavy atom. The van der Waals surface area contributed by atoms with E-state index in [0.29, 0.717) is 18.9 Å². The molecule has 1 aromatic carbocycles. The first-order chi connectivity index (χ1) is 13.7. The molecule has 6 nitrogen and oxygen atoms in total. The first kappa shape index (κ1) is 17.6. The number of primary amides is 1. The smallest absolute Gasteiger partial charge is 0.246 e. The molecule has 0 radical (unpaired) electrons. The van der Waals surface area contributed by atoms with Crippen molar-refractivity contribution in [1.82, 2.24) is 9.97 Å². The second-order valence-electron chi connectivity index (χ2n) is 7.51. The molecule has 2 atom stereocenters. The maximum Gasteiger partial charge on any atom is 0.246 e. The van der Waals surface area contributed by atoms with Crippen molar-refractivity contribution in [1.29, 1.82) is 0 Å². The molecule has 2 fully saturated rings. The van der Waals surface area contributed by atoms with Crippen LogP contribution < -0.4 is 11.1 Å². The molecule has 3 aromatic rings. The summed E-state index contributed by atoms with van der Waals surface area (Å²) in [4.78, 5) is 22.1. The quantitative estimate of drug-likeness (QED) is 0.666. The molecule has 5 rings (SSSR count). The van der Waals surface area contributed by atoms with Crippen molar-refractivity contribution < 1.29 is 9.53 Å². The minimum Gasteiger partial charge on any atom is -0.367 e. The molecule has 1 saturated carbocycles. The average Bonchev–Trinajstić information content (AvgIpc) is 3.29. The van der Waals surface area contributed by atoms with Crippen LogP contribution >= 0.6 is 11.3 Å². The van der Waals surface area contributed by atoms with E-state index in [1.165, 1.54) is 0 Å². The first-order valence-electron chi connectivity index (χ1n) is 9.72. The molecule has 3 N–H and O–H groups in total. The van der Waals surface area contributed by atoms with Gasteiger partial charge in [0.1, 0.15) is 22.6 Å². The van der Waals surface area contributed by atoms with Crippen molar-refractivity contribution in [3.63, 3.8) is 0 Å². The Bertz CT molecular complexity index is 1020. The van der Waals surface area contributed by atoms with Gasteiger partial charge in [-0.05, 0) is 31.2 Å². The van der Waals surface area contributed by atoms with Crippen LogP contribution in [0.4, 0.5) is 5.82 Å². The number of carbonyl (C=O) groups excluding carboxylic acids is 1. The molecule has 2 aromatic heterocycles. The Morgan fingerprint density at radius 3 is 2.71 bits per heavy atom. The molecule has 3 heterocycles. The second-order valence-corrected chi connectivity index (χ2v) is 8.37. The van der Waals surface area contributed by atoms with Gasteiger partial charge in [0.05, 0.1) is 11.5 Å². The molecular formula is C21H22N4O2S. The topological polar surface area (TPSA) is 90.1 Å². The highest BCUT2D eigenvalue weighted by Crippen LogP contribution is 2.42. The number of ether oxygens (including phenoxy) is 1. The van der Waals surface area contributed by atoms with E-state index in [0.717, 1.165) is 52.2 Å². The lowest BCUT2D eigenvalue weighted by molar-refractivity contribution is -0.128. The third kappa shape index (κ3) is 3.36. The lowest BCUT2D eigenvalue weighted by Gasteiger charge is -2.15. The van der Waals surface area contributed by atoms with Gasteiger partial charge in [0, 0.05) is 23.4 Å². The van der Waals surface area contributed by atoms with Crippen molar-refractivity contribution in [2.45, 2.75) is 43.8 Å². The predicted molar refractivity (Wildman–Crippen MR) is 110 cm³/mol. The Morgan fingerprint density at radius 1 is 1.18 bits per heavy atom. The molecular weight excluding hydrogens is 372 g/mol.